The summed E-state index contributed by atoms with van der Waals surface area (Å²) >= 11 is 4.73. The lowest BCUT2D eigenvalue weighted by atomic mass is 10.2. The van der Waals surface area contributed by atoms with Gasteiger partial charge < -0.3 is 15.8 Å². The number of methoxy groups -OCH3 is 1. The Morgan fingerprint density at radius 3 is 2.32 bits per heavy atom. The number of anilines is 3. The third kappa shape index (κ3) is 6.29. The molecule has 8 nitrogen and oxygen atoms in total. The first-order chi connectivity index (χ1) is 15.2. The van der Waals surface area contributed by atoms with Gasteiger partial charge in [0.2, 0.25) is 11.9 Å². The highest BCUT2D eigenvalue weighted by atomic mass is 32.2. The highest BCUT2D eigenvalue weighted by Gasteiger charge is 2.10. The molecule has 0 atom stereocenters. The molecule has 2 aromatic carbocycles. The molecule has 3 N–H and O–H groups in total. The number of nitrogens with one attached hydrogen (secondary N) is 1. The minimum atomic E-state index is 0.178. The predicted octanol–water partition coefficient (Wildman–Crippen LogP) is 4.64. The molecule has 0 radical (unpaired) electrons. The van der Waals surface area contributed by atoms with Gasteiger partial charge in [0.1, 0.15) is 11.6 Å². The Labute approximate surface area is 192 Å². The van der Waals surface area contributed by atoms with Crippen LogP contribution in [0.15, 0.2) is 63.3 Å². The van der Waals surface area contributed by atoms with Gasteiger partial charge in [-0.2, -0.15) is 15.0 Å². The summed E-state index contributed by atoms with van der Waals surface area (Å²) in [4.78, 5) is 12.8. The summed E-state index contributed by atoms with van der Waals surface area (Å²) in [7, 11) is 1.66. The molecular weight excluding hydrogens is 450 g/mol. The number of rotatable bonds is 9. The third-order valence-corrected chi connectivity index (χ3v) is 7.22. The molecular formula is C20H19N7OS3. The smallest absolute Gasteiger partial charge is 0.232 e. The normalized spacial score (nSPS) is 10.7. The molecule has 4 aromatic rings. The van der Waals surface area contributed by atoms with Crippen LogP contribution in [-0.2, 0) is 11.5 Å². The fourth-order valence-electron chi connectivity index (χ4n) is 2.52. The van der Waals surface area contributed by atoms with Crippen LogP contribution in [0.3, 0.4) is 0 Å². The van der Waals surface area contributed by atoms with Gasteiger partial charge in [-0.1, -0.05) is 65.2 Å². The summed E-state index contributed by atoms with van der Waals surface area (Å²) in [5.41, 5.74) is 7.94. The quantitative estimate of drug-likeness (QED) is 0.336. The number of aromatic nitrogens is 5. The average Bonchev–Trinajstić information content (AvgIpc) is 3.25. The van der Waals surface area contributed by atoms with Crippen molar-refractivity contribution in [1.29, 1.82) is 0 Å². The number of thioether (sulfide) groups is 2. The van der Waals surface area contributed by atoms with Gasteiger partial charge in [0.05, 0.1) is 12.9 Å². The first-order valence-corrected chi connectivity index (χ1v) is 12.0. The van der Waals surface area contributed by atoms with E-state index in [9.17, 15) is 0 Å². The fraction of sp³-hybridized carbons (Fsp3) is 0.150. The van der Waals surface area contributed by atoms with Gasteiger partial charge in [0, 0.05) is 11.4 Å². The fourth-order valence-corrected chi connectivity index (χ4v) is 5.35. The van der Waals surface area contributed by atoms with Gasteiger partial charge in [-0.25, -0.2) is 0 Å². The van der Waals surface area contributed by atoms with E-state index in [0.29, 0.717) is 17.5 Å². The Morgan fingerprint density at radius 2 is 1.61 bits per heavy atom. The summed E-state index contributed by atoms with van der Waals surface area (Å²) in [6.45, 7) is 0. The van der Waals surface area contributed by atoms with E-state index in [4.69, 9.17) is 10.5 Å². The standard InChI is InChI=1S/C20H19N7OS3/c1-28-15-9-7-13(8-10-15)11-29-19-26-27-20(31-19)30-12-16-23-17(21)25-18(24-16)22-14-5-3-2-4-6-14/h2-10H,11-12H2,1H3,(H3,21,22,23,24,25). The topological polar surface area (TPSA) is 112 Å². The van der Waals surface area contributed by atoms with E-state index in [1.807, 2.05) is 42.5 Å². The van der Waals surface area contributed by atoms with E-state index in [-0.39, 0.29) is 5.95 Å². The van der Waals surface area contributed by atoms with Crippen molar-refractivity contribution in [1.82, 2.24) is 25.1 Å². The van der Waals surface area contributed by atoms with Crippen LogP contribution >= 0.6 is 34.9 Å². The summed E-state index contributed by atoms with van der Waals surface area (Å²) in [6, 6.07) is 17.7. The van der Waals surface area contributed by atoms with Crippen molar-refractivity contribution in [2.45, 2.75) is 20.2 Å². The zero-order valence-corrected chi connectivity index (χ0v) is 19.0. The molecule has 0 aliphatic carbocycles. The molecule has 31 heavy (non-hydrogen) atoms. The number of benzene rings is 2. The Kier molecular flexibility index (Phi) is 7.18. The maximum absolute atomic E-state index is 5.85. The van der Waals surface area contributed by atoms with Crippen LogP contribution in [0.25, 0.3) is 0 Å². The van der Waals surface area contributed by atoms with Gasteiger partial charge in [0.25, 0.3) is 0 Å². The second kappa shape index (κ2) is 10.4. The van der Waals surface area contributed by atoms with Crippen molar-refractivity contribution < 1.29 is 4.74 Å². The van der Waals surface area contributed by atoms with Crippen molar-refractivity contribution in [2.75, 3.05) is 18.2 Å². The van der Waals surface area contributed by atoms with Crippen molar-refractivity contribution in [3.63, 3.8) is 0 Å². The lowest BCUT2D eigenvalue weighted by Gasteiger charge is -2.06. The number of nitrogen functional groups attached to an aromatic ring is 1. The molecule has 0 unspecified atom stereocenters. The third-order valence-electron chi connectivity index (χ3n) is 3.96. The molecule has 0 amide bonds. The number of hydrogen-bond acceptors (Lipinski definition) is 11. The monoisotopic (exact) mass is 469 g/mol. The second-order valence-electron chi connectivity index (χ2n) is 6.18. The van der Waals surface area contributed by atoms with E-state index in [1.54, 1.807) is 30.2 Å². The molecule has 11 heteroatoms. The lowest BCUT2D eigenvalue weighted by molar-refractivity contribution is 0.414. The van der Waals surface area contributed by atoms with E-state index in [2.05, 4.69) is 42.6 Å². The molecule has 0 aliphatic rings. The molecule has 4 rings (SSSR count). The Bertz CT molecular complexity index is 1120. The van der Waals surface area contributed by atoms with Crippen LogP contribution in [0.4, 0.5) is 17.6 Å². The van der Waals surface area contributed by atoms with Crippen molar-refractivity contribution in [3.05, 3.63) is 66.0 Å². The number of ether oxygens (including phenoxy) is 1. The van der Waals surface area contributed by atoms with Gasteiger partial charge in [0.15, 0.2) is 8.68 Å². The Morgan fingerprint density at radius 1 is 0.903 bits per heavy atom. The van der Waals surface area contributed by atoms with Gasteiger partial charge >= 0.3 is 0 Å². The largest absolute Gasteiger partial charge is 0.497 e. The van der Waals surface area contributed by atoms with E-state index < -0.39 is 0 Å². The van der Waals surface area contributed by atoms with Crippen LogP contribution in [0.2, 0.25) is 0 Å². The molecule has 0 fully saturated rings. The highest BCUT2D eigenvalue weighted by molar-refractivity contribution is 8.02. The molecule has 158 valence electrons. The Hall–Kier alpha value is -2.89. The van der Waals surface area contributed by atoms with Gasteiger partial charge in [-0.05, 0) is 29.8 Å². The molecule has 0 bridgehead atoms. The first-order valence-electron chi connectivity index (χ1n) is 9.22. The molecule has 0 spiro atoms. The van der Waals surface area contributed by atoms with E-state index in [0.717, 1.165) is 25.9 Å². The molecule has 0 saturated carbocycles. The summed E-state index contributed by atoms with van der Waals surface area (Å²) < 4.78 is 6.96. The lowest BCUT2D eigenvalue weighted by Crippen LogP contribution is -2.06. The van der Waals surface area contributed by atoms with Crippen LogP contribution in [-0.4, -0.2) is 32.3 Å². The van der Waals surface area contributed by atoms with Gasteiger partial charge in [-0.15, -0.1) is 10.2 Å². The SMILES string of the molecule is COc1ccc(CSc2nnc(SCc3nc(N)nc(Nc4ccccc4)n3)s2)cc1. The zero-order chi connectivity index (χ0) is 21.5. The minimum absolute atomic E-state index is 0.178. The van der Waals surface area contributed by atoms with Crippen LogP contribution < -0.4 is 15.8 Å². The maximum Gasteiger partial charge on any atom is 0.232 e. The van der Waals surface area contributed by atoms with E-state index >= 15 is 0 Å². The summed E-state index contributed by atoms with van der Waals surface area (Å²) in [6.07, 6.45) is 0. The first kappa shape index (κ1) is 21.3. The van der Waals surface area contributed by atoms with Crippen LogP contribution in [0.5, 0.6) is 5.75 Å². The summed E-state index contributed by atoms with van der Waals surface area (Å²) in [5, 5.41) is 11.7. The van der Waals surface area contributed by atoms with Crippen molar-refractivity contribution in [2.24, 2.45) is 0 Å². The molecule has 0 aliphatic heterocycles. The number of para-hydroxylation sites is 1. The van der Waals surface area contributed by atoms with Gasteiger partial charge in [-0.3, -0.25) is 0 Å². The molecule has 2 heterocycles. The minimum Gasteiger partial charge on any atom is -0.497 e. The number of hydrogen-bond donors (Lipinski definition) is 2. The van der Waals surface area contributed by atoms with E-state index in [1.165, 1.54) is 17.3 Å². The molecule has 0 saturated heterocycles. The highest BCUT2D eigenvalue weighted by Crippen LogP contribution is 2.32. The zero-order valence-electron chi connectivity index (χ0n) is 16.6. The summed E-state index contributed by atoms with van der Waals surface area (Å²) in [5.74, 6) is 3.37. The number of nitrogens with zero attached hydrogens (tertiary/aromatic N) is 5. The average molecular weight is 470 g/mol. The van der Waals surface area contributed by atoms with Crippen LogP contribution in [0.1, 0.15) is 11.4 Å². The Balaban J connectivity index is 1.32. The number of nitrogens with two attached hydrogens (primary N) is 1. The second-order valence-corrected chi connectivity index (χ2v) is 9.61. The molecule has 2 aromatic heterocycles. The van der Waals surface area contributed by atoms with Crippen molar-refractivity contribution in [3.8, 4) is 5.75 Å². The van der Waals surface area contributed by atoms with Crippen LogP contribution in [0, 0.1) is 0 Å². The van der Waals surface area contributed by atoms with Crippen molar-refractivity contribution >= 4 is 52.4 Å². The maximum atomic E-state index is 5.85. The predicted molar refractivity (Wildman–Crippen MR) is 126 cm³/mol.